The zero-order valence-corrected chi connectivity index (χ0v) is 18.5. The van der Waals surface area contributed by atoms with Crippen molar-refractivity contribution in [3.8, 4) is 5.69 Å². The lowest BCUT2D eigenvalue weighted by atomic mass is 10.1. The number of amides is 3. The normalized spacial score (nSPS) is 11.8. The van der Waals surface area contributed by atoms with E-state index in [4.69, 9.17) is 0 Å². The minimum absolute atomic E-state index is 0.0683. The Morgan fingerprint density at radius 3 is 2.35 bits per heavy atom. The molecule has 0 aliphatic heterocycles. The van der Waals surface area contributed by atoms with Crippen LogP contribution in [0.5, 0.6) is 0 Å². The highest BCUT2D eigenvalue weighted by molar-refractivity contribution is 5.94. The second-order valence-electron chi connectivity index (χ2n) is 7.82. The summed E-state index contributed by atoms with van der Waals surface area (Å²) >= 11 is 0. The van der Waals surface area contributed by atoms with Crippen LogP contribution in [0, 0.1) is 12.8 Å². The molecule has 8 nitrogen and oxygen atoms in total. The lowest BCUT2D eigenvalue weighted by molar-refractivity contribution is -0.118. The molecule has 0 bridgehead atoms. The Labute approximate surface area is 182 Å². The van der Waals surface area contributed by atoms with Gasteiger partial charge in [-0.25, -0.2) is 14.5 Å². The van der Waals surface area contributed by atoms with E-state index in [0.29, 0.717) is 11.4 Å². The van der Waals surface area contributed by atoms with Crippen molar-refractivity contribution < 1.29 is 9.59 Å². The number of aryl methyl sites for hydroxylation is 1. The molecule has 1 heterocycles. The van der Waals surface area contributed by atoms with Crippen LogP contribution >= 0.6 is 0 Å². The van der Waals surface area contributed by atoms with Crippen molar-refractivity contribution in [3.05, 3.63) is 66.2 Å². The minimum Gasteiger partial charge on any atom is -0.326 e. The molecule has 0 spiro atoms. The molecule has 2 N–H and O–H groups in total. The van der Waals surface area contributed by atoms with E-state index in [1.54, 1.807) is 29.0 Å². The molecule has 1 aromatic heterocycles. The van der Waals surface area contributed by atoms with Crippen LogP contribution in [0.15, 0.2) is 55.1 Å². The van der Waals surface area contributed by atoms with Gasteiger partial charge in [-0.05, 0) is 49.2 Å². The average molecular weight is 421 g/mol. The van der Waals surface area contributed by atoms with E-state index < -0.39 is 0 Å². The summed E-state index contributed by atoms with van der Waals surface area (Å²) in [7, 11) is 1.76. The average Bonchev–Trinajstić information content (AvgIpc) is 3.30. The van der Waals surface area contributed by atoms with Crippen LogP contribution in [-0.4, -0.2) is 38.7 Å². The molecule has 0 aliphatic rings. The second-order valence-corrected chi connectivity index (χ2v) is 7.82. The highest BCUT2D eigenvalue weighted by atomic mass is 16.2. The van der Waals surface area contributed by atoms with Gasteiger partial charge in [-0.3, -0.25) is 4.79 Å². The number of carbonyl (C=O) groups excluding carboxylic acids is 2. The third-order valence-corrected chi connectivity index (χ3v) is 5.23. The van der Waals surface area contributed by atoms with Gasteiger partial charge in [0.15, 0.2) is 0 Å². The highest BCUT2D eigenvalue weighted by Gasteiger charge is 2.19. The van der Waals surface area contributed by atoms with Crippen LogP contribution in [0.3, 0.4) is 0 Å². The lowest BCUT2D eigenvalue weighted by Crippen LogP contribution is -2.33. The highest BCUT2D eigenvalue weighted by Crippen LogP contribution is 2.24. The zero-order valence-electron chi connectivity index (χ0n) is 18.5. The largest absolute Gasteiger partial charge is 0.326 e. The molecule has 162 valence electrons. The molecule has 0 saturated heterocycles. The number of carbonyl (C=O) groups is 2. The van der Waals surface area contributed by atoms with Gasteiger partial charge in [0, 0.05) is 24.3 Å². The summed E-state index contributed by atoms with van der Waals surface area (Å²) < 4.78 is 1.68. The van der Waals surface area contributed by atoms with E-state index in [1.165, 1.54) is 6.33 Å². The molecule has 3 rings (SSSR count). The summed E-state index contributed by atoms with van der Waals surface area (Å²) in [5.41, 5.74) is 4.12. The molecule has 0 aliphatic carbocycles. The Bertz CT molecular complexity index is 1040. The first-order valence-electron chi connectivity index (χ1n) is 10.2. The zero-order chi connectivity index (χ0) is 22.5. The van der Waals surface area contributed by atoms with Crippen LogP contribution in [-0.2, 0) is 4.79 Å². The van der Waals surface area contributed by atoms with E-state index in [2.05, 4.69) is 20.7 Å². The van der Waals surface area contributed by atoms with E-state index in [0.717, 1.165) is 16.8 Å². The van der Waals surface area contributed by atoms with Gasteiger partial charge in [-0.15, -0.1) is 0 Å². The van der Waals surface area contributed by atoms with Gasteiger partial charge in [0.2, 0.25) is 5.91 Å². The van der Waals surface area contributed by atoms with Crippen LogP contribution in [0.4, 0.5) is 16.2 Å². The minimum atomic E-state index is -0.233. The molecule has 0 fully saturated rings. The number of nitrogens with one attached hydrogen (secondary N) is 2. The summed E-state index contributed by atoms with van der Waals surface area (Å²) in [6.45, 7) is 7.55. The van der Waals surface area contributed by atoms with Crippen molar-refractivity contribution in [2.75, 3.05) is 17.7 Å². The fourth-order valence-corrected chi connectivity index (χ4v) is 2.97. The summed E-state index contributed by atoms with van der Waals surface area (Å²) in [5, 5.41) is 9.93. The van der Waals surface area contributed by atoms with Gasteiger partial charge in [-0.1, -0.05) is 32.0 Å². The van der Waals surface area contributed by atoms with E-state index >= 15 is 0 Å². The van der Waals surface area contributed by atoms with Crippen molar-refractivity contribution in [2.45, 2.75) is 33.7 Å². The first-order valence-corrected chi connectivity index (χ1v) is 10.2. The Hall–Kier alpha value is -3.68. The van der Waals surface area contributed by atoms with Crippen molar-refractivity contribution in [1.82, 2.24) is 19.7 Å². The maximum Gasteiger partial charge on any atom is 0.322 e. The SMILES string of the molecule is Cc1ccc(NC(=O)C(C)C)cc1NC(=O)N(C)C(C)c1ccc(-n2cncn2)cc1. The summed E-state index contributed by atoms with van der Waals surface area (Å²) in [4.78, 5) is 30.4. The molecule has 0 radical (unpaired) electrons. The Balaban J connectivity index is 1.69. The molecule has 31 heavy (non-hydrogen) atoms. The Morgan fingerprint density at radius 2 is 1.74 bits per heavy atom. The number of hydrogen-bond donors (Lipinski definition) is 2. The van der Waals surface area contributed by atoms with E-state index in [-0.39, 0.29) is 23.9 Å². The van der Waals surface area contributed by atoms with Gasteiger partial charge in [0.25, 0.3) is 0 Å². The molecule has 1 unspecified atom stereocenters. The Morgan fingerprint density at radius 1 is 1.03 bits per heavy atom. The van der Waals surface area contributed by atoms with Gasteiger partial charge >= 0.3 is 6.03 Å². The lowest BCUT2D eigenvalue weighted by Gasteiger charge is -2.26. The first-order chi connectivity index (χ1) is 14.8. The molecule has 1 atom stereocenters. The maximum atomic E-state index is 12.9. The summed E-state index contributed by atoms with van der Waals surface area (Å²) in [5.74, 6) is -0.191. The molecular weight excluding hydrogens is 392 g/mol. The van der Waals surface area contributed by atoms with Crippen LogP contribution < -0.4 is 10.6 Å². The van der Waals surface area contributed by atoms with Gasteiger partial charge in [0.05, 0.1) is 11.7 Å². The summed E-state index contributed by atoms with van der Waals surface area (Å²) in [6, 6.07) is 12.9. The predicted octanol–water partition coefficient (Wildman–Crippen LogP) is 4.40. The Kier molecular flexibility index (Phi) is 6.69. The molecular formula is C23H28N6O2. The topological polar surface area (TPSA) is 92.2 Å². The maximum absolute atomic E-state index is 12.9. The number of rotatable bonds is 6. The van der Waals surface area contributed by atoms with Crippen molar-refractivity contribution in [3.63, 3.8) is 0 Å². The number of aromatic nitrogens is 3. The molecule has 3 amide bonds. The predicted molar refractivity (Wildman–Crippen MR) is 121 cm³/mol. The van der Waals surface area contributed by atoms with E-state index in [9.17, 15) is 9.59 Å². The summed E-state index contributed by atoms with van der Waals surface area (Å²) in [6.07, 6.45) is 3.12. The number of benzene rings is 2. The standard InChI is InChI=1S/C23H28N6O2/c1-15(2)22(30)26-19-9-6-16(3)21(12-19)27-23(31)28(5)17(4)18-7-10-20(11-8-18)29-14-24-13-25-29/h6-15,17H,1-5H3,(H,26,30)(H,27,31). The number of hydrogen-bond acceptors (Lipinski definition) is 4. The third kappa shape index (κ3) is 5.28. The monoisotopic (exact) mass is 420 g/mol. The molecule has 0 saturated carbocycles. The van der Waals surface area contributed by atoms with Crippen LogP contribution in [0.25, 0.3) is 5.69 Å². The van der Waals surface area contributed by atoms with Crippen molar-refractivity contribution in [1.29, 1.82) is 0 Å². The molecule has 8 heteroatoms. The smallest absolute Gasteiger partial charge is 0.322 e. The fourth-order valence-electron chi connectivity index (χ4n) is 2.97. The quantitative estimate of drug-likeness (QED) is 0.618. The number of urea groups is 1. The second kappa shape index (κ2) is 9.42. The molecule has 3 aromatic rings. The van der Waals surface area contributed by atoms with Crippen LogP contribution in [0.1, 0.15) is 37.9 Å². The molecule has 2 aromatic carbocycles. The number of anilines is 2. The third-order valence-electron chi connectivity index (χ3n) is 5.23. The van der Waals surface area contributed by atoms with Gasteiger partial charge in [-0.2, -0.15) is 5.10 Å². The first kappa shape index (κ1) is 22.0. The fraction of sp³-hybridized carbons (Fsp3) is 0.304. The van der Waals surface area contributed by atoms with Crippen LogP contribution in [0.2, 0.25) is 0 Å². The number of nitrogens with zero attached hydrogens (tertiary/aromatic N) is 4. The van der Waals surface area contributed by atoms with E-state index in [1.807, 2.05) is 64.1 Å². The van der Waals surface area contributed by atoms with Crippen molar-refractivity contribution in [2.24, 2.45) is 5.92 Å². The van der Waals surface area contributed by atoms with Crippen molar-refractivity contribution >= 4 is 23.3 Å². The van der Waals surface area contributed by atoms with Gasteiger partial charge < -0.3 is 15.5 Å². The van der Waals surface area contributed by atoms with Gasteiger partial charge in [0.1, 0.15) is 12.7 Å².